The van der Waals surface area contributed by atoms with Crippen LogP contribution < -0.4 is 5.73 Å². The molecule has 1 aromatic carbocycles. The number of aryl methyl sites for hydroxylation is 1. The Bertz CT molecular complexity index is 351. The summed E-state index contributed by atoms with van der Waals surface area (Å²) in [5.41, 5.74) is 9.35. The van der Waals surface area contributed by atoms with Crippen molar-refractivity contribution in [1.82, 2.24) is 0 Å². The fourth-order valence-electron chi connectivity index (χ4n) is 2.80. The molecule has 1 aliphatic rings. The summed E-state index contributed by atoms with van der Waals surface area (Å²) in [7, 11) is 0. The zero-order chi connectivity index (χ0) is 12.1. The van der Waals surface area contributed by atoms with Crippen LogP contribution in [0, 0.1) is 0 Å². The number of rotatable bonds is 5. The van der Waals surface area contributed by atoms with Crippen LogP contribution in [-0.4, -0.2) is 17.5 Å². The molecule has 2 atom stereocenters. The molecule has 2 N–H and O–H groups in total. The van der Waals surface area contributed by atoms with Gasteiger partial charge in [0, 0.05) is 11.8 Å². The van der Waals surface area contributed by atoms with Gasteiger partial charge in [-0.1, -0.05) is 31.2 Å². The maximum atomic E-state index is 6.23. The highest BCUT2D eigenvalue weighted by atomic mass is 32.2. The average molecular weight is 249 g/mol. The fourth-order valence-corrected chi connectivity index (χ4v) is 3.48. The Morgan fingerprint density at radius 3 is 3.06 bits per heavy atom. The van der Waals surface area contributed by atoms with Gasteiger partial charge in [0.2, 0.25) is 0 Å². The molecule has 0 bridgehead atoms. The normalized spacial score (nSPS) is 20.9. The van der Waals surface area contributed by atoms with Gasteiger partial charge in [0.05, 0.1) is 0 Å². The van der Waals surface area contributed by atoms with Gasteiger partial charge in [-0.3, -0.25) is 0 Å². The zero-order valence-corrected chi connectivity index (χ0v) is 11.5. The molecule has 0 aromatic heterocycles. The molecule has 1 aliphatic carbocycles. The number of benzene rings is 1. The van der Waals surface area contributed by atoms with Crippen molar-refractivity contribution in [3.8, 4) is 0 Å². The minimum Gasteiger partial charge on any atom is -0.327 e. The largest absolute Gasteiger partial charge is 0.327 e. The van der Waals surface area contributed by atoms with E-state index in [0.717, 1.165) is 12.2 Å². The Balaban J connectivity index is 1.98. The van der Waals surface area contributed by atoms with Gasteiger partial charge in [0.15, 0.2) is 0 Å². The van der Waals surface area contributed by atoms with Crippen molar-refractivity contribution >= 4 is 11.8 Å². The molecule has 2 unspecified atom stereocenters. The van der Waals surface area contributed by atoms with Gasteiger partial charge in [-0.05, 0) is 48.5 Å². The predicted molar refractivity (Wildman–Crippen MR) is 77.7 cm³/mol. The molecular formula is C15H23NS. The van der Waals surface area contributed by atoms with E-state index in [-0.39, 0.29) is 0 Å². The third kappa shape index (κ3) is 3.49. The van der Waals surface area contributed by atoms with Crippen LogP contribution in [-0.2, 0) is 6.42 Å². The molecule has 2 heteroatoms. The van der Waals surface area contributed by atoms with Crippen LogP contribution in [0.2, 0.25) is 0 Å². The van der Waals surface area contributed by atoms with Gasteiger partial charge in [-0.25, -0.2) is 0 Å². The molecule has 0 saturated carbocycles. The molecule has 0 spiro atoms. The third-order valence-corrected chi connectivity index (χ3v) is 4.69. The molecule has 0 amide bonds. The standard InChI is InChI=1S/C15H23NS/c1-2-17-11-14(16)10-13-8-5-7-12-6-3-4-9-15(12)13/h3-4,6,9,13-14H,2,5,7-8,10-11,16H2,1H3. The Hall–Kier alpha value is -0.470. The second-order valence-corrected chi connectivity index (χ2v) is 6.26. The molecule has 0 saturated heterocycles. The molecule has 1 nitrogen and oxygen atoms in total. The Labute approximate surface area is 109 Å². The van der Waals surface area contributed by atoms with E-state index in [1.54, 1.807) is 11.1 Å². The molecule has 2 rings (SSSR count). The first kappa shape index (κ1) is 13.0. The predicted octanol–water partition coefficient (Wildman–Crippen LogP) is 3.58. The van der Waals surface area contributed by atoms with Gasteiger partial charge >= 0.3 is 0 Å². The molecule has 1 aromatic rings. The second kappa shape index (κ2) is 6.46. The van der Waals surface area contributed by atoms with Crippen molar-refractivity contribution in [2.24, 2.45) is 5.73 Å². The van der Waals surface area contributed by atoms with E-state index in [2.05, 4.69) is 31.2 Å². The number of thioether (sulfide) groups is 1. The van der Waals surface area contributed by atoms with E-state index in [1.807, 2.05) is 11.8 Å². The van der Waals surface area contributed by atoms with Crippen molar-refractivity contribution in [3.05, 3.63) is 35.4 Å². The van der Waals surface area contributed by atoms with E-state index >= 15 is 0 Å². The van der Waals surface area contributed by atoms with Gasteiger partial charge in [0.25, 0.3) is 0 Å². The van der Waals surface area contributed by atoms with Gasteiger partial charge in [0.1, 0.15) is 0 Å². The van der Waals surface area contributed by atoms with Crippen molar-refractivity contribution in [1.29, 1.82) is 0 Å². The SMILES string of the molecule is CCSCC(N)CC1CCCc2ccccc21. The quantitative estimate of drug-likeness (QED) is 0.863. The molecular weight excluding hydrogens is 226 g/mol. The van der Waals surface area contributed by atoms with Crippen LogP contribution >= 0.6 is 11.8 Å². The minimum atomic E-state index is 0.358. The highest BCUT2D eigenvalue weighted by Gasteiger charge is 2.21. The van der Waals surface area contributed by atoms with Gasteiger partial charge < -0.3 is 5.73 Å². The van der Waals surface area contributed by atoms with E-state index in [4.69, 9.17) is 5.73 Å². The second-order valence-electron chi connectivity index (χ2n) is 4.94. The fraction of sp³-hybridized carbons (Fsp3) is 0.600. The lowest BCUT2D eigenvalue weighted by Crippen LogP contribution is -2.27. The Morgan fingerprint density at radius 2 is 2.24 bits per heavy atom. The van der Waals surface area contributed by atoms with Crippen LogP contribution in [0.15, 0.2) is 24.3 Å². The van der Waals surface area contributed by atoms with E-state index in [1.165, 1.54) is 25.0 Å². The van der Waals surface area contributed by atoms with E-state index in [9.17, 15) is 0 Å². The summed E-state index contributed by atoms with van der Waals surface area (Å²) < 4.78 is 0. The summed E-state index contributed by atoms with van der Waals surface area (Å²) in [6, 6.07) is 9.28. The first-order valence-electron chi connectivity index (χ1n) is 6.72. The lowest BCUT2D eigenvalue weighted by molar-refractivity contribution is 0.486. The zero-order valence-electron chi connectivity index (χ0n) is 10.7. The molecule has 17 heavy (non-hydrogen) atoms. The Morgan fingerprint density at radius 1 is 1.41 bits per heavy atom. The number of nitrogens with two attached hydrogens (primary N) is 1. The topological polar surface area (TPSA) is 26.0 Å². The molecule has 0 fully saturated rings. The lowest BCUT2D eigenvalue weighted by atomic mass is 9.80. The first-order chi connectivity index (χ1) is 8.31. The number of hydrogen-bond acceptors (Lipinski definition) is 2. The molecule has 0 radical (unpaired) electrons. The maximum absolute atomic E-state index is 6.23. The smallest absolute Gasteiger partial charge is 0.0136 e. The average Bonchev–Trinajstić information content (AvgIpc) is 2.37. The first-order valence-corrected chi connectivity index (χ1v) is 7.88. The third-order valence-electron chi connectivity index (χ3n) is 3.62. The van der Waals surface area contributed by atoms with Crippen molar-refractivity contribution in [2.75, 3.05) is 11.5 Å². The monoisotopic (exact) mass is 249 g/mol. The summed E-state index contributed by atoms with van der Waals surface area (Å²) in [6.07, 6.45) is 5.06. The summed E-state index contributed by atoms with van der Waals surface area (Å²) in [6.45, 7) is 2.20. The summed E-state index contributed by atoms with van der Waals surface area (Å²) >= 11 is 1.96. The van der Waals surface area contributed by atoms with Crippen LogP contribution in [0.25, 0.3) is 0 Å². The van der Waals surface area contributed by atoms with Crippen LogP contribution in [0.5, 0.6) is 0 Å². The highest BCUT2D eigenvalue weighted by molar-refractivity contribution is 7.99. The number of hydrogen-bond donors (Lipinski definition) is 1. The number of fused-ring (bicyclic) bond motifs is 1. The summed E-state index contributed by atoms with van der Waals surface area (Å²) in [5, 5.41) is 0. The summed E-state index contributed by atoms with van der Waals surface area (Å²) in [5.74, 6) is 2.98. The summed E-state index contributed by atoms with van der Waals surface area (Å²) in [4.78, 5) is 0. The molecule has 0 heterocycles. The van der Waals surface area contributed by atoms with Gasteiger partial charge in [-0.2, -0.15) is 11.8 Å². The van der Waals surface area contributed by atoms with Crippen LogP contribution in [0.1, 0.15) is 43.2 Å². The lowest BCUT2D eigenvalue weighted by Gasteiger charge is -2.27. The van der Waals surface area contributed by atoms with E-state index in [0.29, 0.717) is 12.0 Å². The van der Waals surface area contributed by atoms with Crippen LogP contribution in [0.4, 0.5) is 0 Å². The molecule has 94 valence electrons. The highest BCUT2D eigenvalue weighted by Crippen LogP contribution is 2.34. The molecule has 0 aliphatic heterocycles. The van der Waals surface area contributed by atoms with Crippen molar-refractivity contribution < 1.29 is 0 Å². The van der Waals surface area contributed by atoms with Crippen molar-refractivity contribution in [2.45, 2.75) is 44.6 Å². The van der Waals surface area contributed by atoms with E-state index < -0.39 is 0 Å². The maximum Gasteiger partial charge on any atom is 0.0136 e. The van der Waals surface area contributed by atoms with Crippen LogP contribution in [0.3, 0.4) is 0 Å². The Kier molecular flexibility index (Phi) is 4.93. The van der Waals surface area contributed by atoms with Crippen molar-refractivity contribution in [3.63, 3.8) is 0 Å². The minimum absolute atomic E-state index is 0.358. The van der Waals surface area contributed by atoms with Gasteiger partial charge in [-0.15, -0.1) is 0 Å².